The molecule has 1 aromatic rings. The first-order valence-corrected chi connectivity index (χ1v) is 7.39. The van der Waals surface area contributed by atoms with Crippen molar-refractivity contribution >= 4 is 17.6 Å². The average molecular weight is 269 g/mol. The molecule has 1 aromatic heterocycles. The highest BCUT2D eigenvalue weighted by molar-refractivity contribution is 7.99. The summed E-state index contributed by atoms with van der Waals surface area (Å²) in [5.74, 6) is 2.30. The van der Waals surface area contributed by atoms with Crippen molar-refractivity contribution < 1.29 is 4.74 Å². The van der Waals surface area contributed by atoms with Gasteiger partial charge in [0.15, 0.2) is 0 Å². The van der Waals surface area contributed by atoms with Crippen molar-refractivity contribution in [2.24, 2.45) is 0 Å². The number of hydrogen-bond acceptors (Lipinski definition) is 5. The van der Waals surface area contributed by atoms with Crippen molar-refractivity contribution in [3.63, 3.8) is 0 Å². The lowest BCUT2D eigenvalue weighted by molar-refractivity contribution is 0.218. The van der Waals surface area contributed by atoms with Gasteiger partial charge in [0, 0.05) is 25.0 Å². The fourth-order valence-corrected chi connectivity index (χ4v) is 2.67. The second-order valence-corrected chi connectivity index (χ2v) is 5.45. The zero-order valence-electron chi connectivity index (χ0n) is 11.7. The Bertz CT molecular complexity index is 358. The van der Waals surface area contributed by atoms with Gasteiger partial charge in [-0.05, 0) is 12.3 Å². The summed E-state index contributed by atoms with van der Waals surface area (Å²) in [4.78, 5) is 8.76. The summed E-state index contributed by atoms with van der Waals surface area (Å²) in [5, 5.41) is 4.44. The number of methoxy groups -OCH3 is 1. The van der Waals surface area contributed by atoms with Crippen LogP contribution in [0, 0.1) is 0 Å². The molecule has 0 radical (unpaired) electrons. The predicted octanol–water partition coefficient (Wildman–Crippen LogP) is 3.16. The third-order valence-corrected chi connectivity index (χ3v) is 3.46. The van der Waals surface area contributed by atoms with Crippen LogP contribution >= 0.6 is 11.8 Å². The molecule has 0 saturated carbocycles. The van der Waals surface area contributed by atoms with E-state index in [4.69, 9.17) is 4.74 Å². The van der Waals surface area contributed by atoms with E-state index in [1.165, 1.54) is 5.56 Å². The molecule has 18 heavy (non-hydrogen) atoms. The van der Waals surface area contributed by atoms with E-state index in [0.717, 1.165) is 36.2 Å². The number of ether oxygens (including phenoxy) is 1. The van der Waals surface area contributed by atoms with Gasteiger partial charge >= 0.3 is 0 Å². The highest BCUT2D eigenvalue weighted by atomic mass is 32.2. The third-order valence-electron chi connectivity index (χ3n) is 2.49. The summed E-state index contributed by atoms with van der Waals surface area (Å²) in [6.07, 6.45) is 2.73. The molecule has 1 rings (SSSR count). The van der Waals surface area contributed by atoms with E-state index in [1.54, 1.807) is 25.2 Å². The first-order valence-electron chi connectivity index (χ1n) is 6.41. The van der Waals surface area contributed by atoms with E-state index in [1.807, 2.05) is 0 Å². The fraction of sp³-hybridized carbons (Fsp3) is 0.692. The molecule has 0 fully saturated rings. The van der Waals surface area contributed by atoms with Crippen molar-refractivity contribution in [2.45, 2.75) is 38.1 Å². The number of rotatable bonds is 8. The van der Waals surface area contributed by atoms with Gasteiger partial charge in [-0.25, -0.2) is 9.97 Å². The number of anilines is 1. The van der Waals surface area contributed by atoms with Gasteiger partial charge in [-0.1, -0.05) is 20.8 Å². The lowest BCUT2D eigenvalue weighted by atomic mass is 10.1. The largest absolute Gasteiger partial charge is 0.384 e. The number of nitrogens with zero attached hydrogens (tertiary/aromatic N) is 2. The fourth-order valence-electron chi connectivity index (χ4n) is 1.62. The lowest BCUT2D eigenvalue weighted by Crippen LogP contribution is -2.09. The molecule has 0 spiro atoms. The zero-order chi connectivity index (χ0) is 13.4. The van der Waals surface area contributed by atoms with Crippen molar-refractivity contribution in [1.29, 1.82) is 0 Å². The van der Waals surface area contributed by atoms with Crippen LogP contribution in [0.15, 0.2) is 11.4 Å². The Labute approximate surface area is 114 Å². The second kappa shape index (κ2) is 8.32. The Hall–Kier alpha value is -0.810. The minimum atomic E-state index is 0.413. The van der Waals surface area contributed by atoms with Gasteiger partial charge in [-0.15, -0.1) is 11.8 Å². The summed E-state index contributed by atoms with van der Waals surface area (Å²) in [7, 11) is 1.72. The molecule has 102 valence electrons. The molecule has 0 aliphatic carbocycles. The molecular weight excluding hydrogens is 246 g/mol. The van der Waals surface area contributed by atoms with Gasteiger partial charge in [0.25, 0.3) is 0 Å². The van der Waals surface area contributed by atoms with E-state index < -0.39 is 0 Å². The molecule has 0 aromatic carbocycles. The van der Waals surface area contributed by atoms with E-state index in [9.17, 15) is 0 Å². The van der Waals surface area contributed by atoms with Crippen LogP contribution in [0.1, 0.15) is 38.7 Å². The Balaban J connectivity index is 2.87. The van der Waals surface area contributed by atoms with Gasteiger partial charge in [-0.3, -0.25) is 0 Å². The first-order chi connectivity index (χ1) is 8.70. The Kier molecular flexibility index (Phi) is 7.05. The van der Waals surface area contributed by atoms with E-state index in [-0.39, 0.29) is 0 Å². The maximum absolute atomic E-state index is 5.08. The Morgan fingerprint density at radius 3 is 2.78 bits per heavy atom. The van der Waals surface area contributed by atoms with Gasteiger partial charge < -0.3 is 10.1 Å². The van der Waals surface area contributed by atoms with E-state index >= 15 is 0 Å². The standard InChI is InChI=1S/C13H23N3OS/c1-5-6-14-12-11(10(2)3)13(16-9-15-12)18-8-7-17-4/h9-10H,5-8H2,1-4H3,(H,14,15,16). The molecule has 5 heteroatoms. The molecule has 0 bridgehead atoms. The van der Waals surface area contributed by atoms with Crippen molar-refractivity contribution in [1.82, 2.24) is 9.97 Å². The van der Waals surface area contributed by atoms with E-state index in [0.29, 0.717) is 5.92 Å². The van der Waals surface area contributed by atoms with Gasteiger partial charge in [0.1, 0.15) is 17.2 Å². The van der Waals surface area contributed by atoms with Crippen molar-refractivity contribution in [2.75, 3.05) is 31.3 Å². The molecule has 0 aliphatic heterocycles. The molecule has 0 atom stereocenters. The molecule has 0 saturated heterocycles. The smallest absolute Gasteiger partial charge is 0.133 e. The maximum Gasteiger partial charge on any atom is 0.133 e. The number of aromatic nitrogens is 2. The Morgan fingerprint density at radius 2 is 2.17 bits per heavy atom. The summed E-state index contributed by atoms with van der Waals surface area (Å²) in [6, 6.07) is 0. The van der Waals surface area contributed by atoms with Crippen LogP contribution < -0.4 is 5.32 Å². The summed E-state index contributed by atoms with van der Waals surface area (Å²) >= 11 is 1.73. The topological polar surface area (TPSA) is 47.0 Å². The minimum Gasteiger partial charge on any atom is -0.384 e. The average Bonchev–Trinajstić information content (AvgIpc) is 2.36. The maximum atomic E-state index is 5.08. The highest BCUT2D eigenvalue weighted by Gasteiger charge is 2.14. The van der Waals surface area contributed by atoms with Crippen LogP contribution in [0.5, 0.6) is 0 Å². The van der Waals surface area contributed by atoms with Crippen molar-refractivity contribution in [3.8, 4) is 0 Å². The number of nitrogens with one attached hydrogen (secondary N) is 1. The summed E-state index contributed by atoms with van der Waals surface area (Å²) < 4.78 is 5.08. The number of thioether (sulfide) groups is 1. The van der Waals surface area contributed by atoms with Crippen LogP contribution in [0.4, 0.5) is 5.82 Å². The van der Waals surface area contributed by atoms with Crippen LogP contribution in [-0.4, -0.2) is 36.0 Å². The SMILES string of the molecule is CCCNc1ncnc(SCCOC)c1C(C)C. The van der Waals surface area contributed by atoms with Crippen LogP contribution in [0.2, 0.25) is 0 Å². The van der Waals surface area contributed by atoms with Crippen LogP contribution in [-0.2, 0) is 4.74 Å². The minimum absolute atomic E-state index is 0.413. The van der Waals surface area contributed by atoms with Gasteiger partial charge in [0.2, 0.25) is 0 Å². The molecule has 0 unspecified atom stereocenters. The Morgan fingerprint density at radius 1 is 1.39 bits per heavy atom. The summed E-state index contributed by atoms with van der Waals surface area (Å²) in [6.45, 7) is 8.19. The van der Waals surface area contributed by atoms with E-state index in [2.05, 4.69) is 36.1 Å². The second-order valence-electron chi connectivity index (χ2n) is 4.36. The lowest BCUT2D eigenvalue weighted by Gasteiger charge is -2.16. The highest BCUT2D eigenvalue weighted by Crippen LogP contribution is 2.31. The quantitative estimate of drug-likeness (QED) is 0.446. The normalized spacial score (nSPS) is 10.9. The zero-order valence-corrected chi connectivity index (χ0v) is 12.5. The van der Waals surface area contributed by atoms with Crippen molar-refractivity contribution in [3.05, 3.63) is 11.9 Å². The van der Waals surface area contributed by atoms with Gasteiger partial charge in [-0.2, -0.15) is 0 Å². The molecule has 1 N–H and O–H groups in total. The molecule has 4 nitrogen and oxygen atoms in total. The van der Waals surface area contributed by atoms with Gasteiger partial charge in [0.05, 0.1) is 6.61 Å². The molecular formula is C13H23N3OS. The molecule has 1 heterocycles. The monoisotopic (exact) mass is 269 g/mol. The van der Waals surface area contributed by atoms with Crippen LogP contribution in [0.25, 0.3) is 0 Å². The predicted molar refractivity (Wildman–Crippen MR) is 77.5 cm³/mol. The first kappa shape index (κ1) is 15.2. The number of hydrogen-bond donors (Lipinski definition) is 1. The molecule has 0 amide bonds. The third kappa shape index (κ3) is 4.46. The summed E-state index contributed by atoms with van der Waals surface area (Å²) in [5.41, 5.74) is 1.21. The molecule has 0 aliphatic rings. The van der Waals surface area contributed by atoms with Crippen LogP contribution in [0.3, 0.4) is 0 Å².